The first-order valence-corrected chi connectivity index (χ1v) is 8.51. The van der Waals surface area contributed by atoms with Gasteiger partial charge in [0.1, 0.15) is 5.75 Å². The minimum atomic E-state index is -3.70. The van der Waals surface area contributed by atoms with Crippen LogP contribution in [0, 0.1) is 6.92 Å². The molecule has 0 bridgehead atoms. The van der Waals surface area contributed by atoms with Gasteiger partial charge in [0.2, 0.25) is 0 Å². The van der Waals surface area contributed by atoms with Crippen LogP contribution in [0.15, 0.2) is 23.1 Å². The van der Waals surface area contributed by atoms with E-state index in [4.69, 9.17) is 24.9 Å². The molecule has 20 heavy (non-hydrogen) atoms. The highest BCUT2D eigenvalue weighted by Gasteiger charge is 2.11. The van der Waals surface area contributed by atoms with Gasteiger partial charge in [0.05, 0.1) is 24.7 Å². The van der Waals surface area contributed by atoms with E-state index in [1.165, 1.54) is 12.1 Å². The van der Waals surface area contributed by atoms with Crippen LogP contribution >= 0.6 is 10.7 Å². The van der Waals surface area contributed by atoms with Gasteiger partial charge in [-0.25, -0.2) is 8.42 Å². The van der Waals surface area contributed by atoms with Gasteiger partial charge < -0.3 is 14.2 Å². The molecule has 0 aliphatic heterocycles. The molecule has 0 spiro atoms. The molecule has 1 aromatic carbocycles. The zero-order valence-electron chi connectivity index (χ0n) is 11.6. The average Bonchev–Trinajstić information content (AvgIpc) is 2.38. The zero-order valence-corrected chi connectivity index (χ0v) is 13.2. The normalized spacial score (nSPS) is 11.6. The van der Waals surface area contributed by atoms with Crippen molar-refractivity contribution in [3.8, 4) is 5.75 Å². The van der Waals surface area contributed by atoms with Gasteiger partial charge in [0, 0.05) is 30.8 Å². The molecule has 7 heteroatoms. The highest BCUT2D eigenvalue weighted by molar-refractivity contribution is 8.13. The molecular formula is C13H19ClO5S. The van der Waals surface area contributed by atoms with Crippen molar-refractivity contribution in [3.63, 3.8) is 0 Å². The maximum atomic E-state index is 11.2. The number of benzene rings is 1. The maximum Gasteiger partial charge on any atom is 0.261 e. The Morgan fingerprint density at radius 1 is 1.15 bits per heavy atom. The Labute approximate surface area is 124 Å². The van der Waals surface area contributed by atoms with Crippen LogP contribution in [0.2, 0.25) is 0 Å². The molecular weight excluding hydrogens is 304 g/mol. The zero-order chi connectivity index (χ0) is 15.0. The molecule has 0 unspecified atom stereocenters. The van der Waals surface area contributed by atoms with E-state index in [0.29, 0.717) is 32.2 Å². The highest BCUT2D eigenvalue weighted by atomic mass is 35.7. The van der Waals surface area contributed by atoms with Gasteiger partial charge in [0.25, 0.3) is 9.05 Å². The van der Waals surface area contributed by atoms with E-state index < -0.39 is 9.05 Å². The highest BCUT2D eigenvalue weighted by Crippen LogP contribution is 2.23. The fourth-order valence-corrected chi connectivity index (χ4v) is 2.36. The number of hydrogen-bond donors (Lipinski definition) is 0. The molecule has 0 fully saturated rings. The molecule has 0 aliphatic carbocycles. The van der Waals surface area contributed by atoms with Crippen LogP contribution < -0.4 is 4.74 Å². The number of hydrogen-bond acceptors (Lipinski definition) is 5. The smallest absolute Gasteiger partial charge is 0.261 e. The summed E-state index contributed by atoms with van der Waals surface area (Å²) in [5, 5.41) is 0. The summed E-state index contributed by atoms with van der Waals surface area (Å²) in [5.74, 6) is 0.644. The lowest BCUT2D eigenvalue weighted by Gasteiger charge is -2.10. The van der Waals surface area contributed by atoms with Crippen LogP contribution in [0.3, 0.4) is 0 Å². The molecule has 0 aliphatic rings. The standard InChI is InChI=1S/C13H19ClO5S/c1-11-10-12(20(14,15)16)4-5-13(11)19-7-3-6-18-9-8-17-2/h4-5,10H,3,6-9H2,1-2H3. The van der Waals surface area contributed by atoms with Gasteiger partial charge in [0.15, 0.2) is 0 Å². The molecule has 0 heterocycles. The Kier molecular flexibility index (Phi) is 7.29. The molecule has 1 aromatic rings. The topological polar surface area (TPSA) is 61.8 Å². The first-order chi connectivity index (χ1) is 9.45. The number of ether oxygens (including phenoxy) is 3. The second kappa shape index (κ2) is 8.46. The summed E-state index contributed by atoms with van der Waals surface area (Å²) in [6.07, 6.45) is 0.749. The van der Waals surface area contributed by atoms with Crippen molar-refractivity contribution < 1.29 is 22.6 Å². The Morgan fingerprint density at radius 2 is 1.90 bits per heavy atom. The Hall–Kier alpha value is -0.820. The van der Waals surface area contributed by atoms with Crippen LogP contribution in [0.1, 0.15) is 12.0 Å². The van der Waals surface area contributed by atoms with E-state index in [1.807, 2.05) is 0 Å². The molecule has 0 saturated heterocycles. The third-order valence-corrected chi connectivity index (χ3v) is 3.90. The van der Waals surface area contributed by atoms with Gasteiger partial charge in [-0.05, 0) is 30.7 Å². The Morgan fingerprint density at radius 3 is 2.50 bits per heavy atom. The second-order valence-corrected chi connectivity index (χ2v) is 6.74. The molecule has 1 rings (SSSR count). The fourth-order valence-electron chi connectivity index (χ4n) is 1.52. The first-order valence-electron chi connectivity index (χ1n) is 6.20. The largest absolute Gasteiger partial charge is 0.493 e. The summed E-state index contributed by atoms with van der Waals surface area (Å²) in [6.45, 7) is 4.01. The van der Waals surface area contributed by atoms with Crippen molar-refractivity contribution in [2.75, 3.05) is 33.5 Å². The van der Waals surface area contributed by atoms with Crippen molar-refractivity contribution in [1.29, 1.82) is 0 Å². The van der Waals surface area contributed by atoms with Crippen LogP contribution in [0.5, 0.6) is 5.75 Å². The van der Waals surface area contributed by atoms with Crippen LogP contribution in [0.25, 0.3) is 0 Å². The predicted molar refractivity (Wildman–Crippen MR) is 77.0 cm³/mol. The maximum absolute atomic E-state index is 11.2. The molecule has 0 atom stereocenters. The summed E-state index contributed by atoms with van der Waals surface area (Å²) in [5.41, 5.74) is 0.729. The quantitative estimate of drug-likeness (QED) is 0.516. The predicted octanol–water partition coefficient (Wildman–Crippen LogP) is 2.35. The second-order valence-electron chi connectivity index (χ2n) is 4.17. The third-order valence-electron chi connectivity index (χ3n) is 2.55. The average molecular weight is 323 g/mol. The van der Waals surface area contributed by atoms with Crippen molar-refractivity contribution in [3.05, 3.63) is 23.8 Å². The van der Waals surface area contributed by atoms with E-state index in [1.54, 1.807) is 20.1 Å². The van der Waals surface area contributed by atoms with Crippen molar-refractivity contribution in [2.45, 2.75) is 18.2 Å². The van der Waals surface area contributed by atoms with E-state index in [0.717, 1.165) is 12.0 Å². The third kappa shape index (κ3) is 6.09. The monoisotopic (exact) mass is 322 g/mol. The van der Waals surface area contributed by atoms with Crippen molar-refractivity contribution in [2.24, 2.45) is 0 Å². The van der Waals surface area contributed by atoms with Gasteiger partial charge in [-0.3, -0.25) is 0 Å². The Balaban J connectivity index is 2.38. The molecule has 0 aromatic heterocycles. The van der Waals surface area contributed by atoms with Crippen molar-refractivity contribution in [1.82, 2.24) is 0 Å². The van der Waals surface area contributed by atoms with Crippen LogP contribution in [-0.2, 0) is 18.5 Å². The lowest BCUT2D eigenvalue weighted by atomic mass is 10.2. The molecule has 0 saturated carbocycles. The van der Waals surface area contributed by atoms with Crippen LogP contribution in [-0.4, -0.2) is 42.0 Å². The van der Waals surface area contributed by atoms with E-state index in [-0.39, 0.29) is 4.90 Å². The molecule has 5 nitrogen and oxygen atoms in total. The minimum Gasteiger partial charge on any atom is -0.493 e. The van der Waals surface area contributed by atoms with Crippen molar-refractivity contribution >= 4 is 19.7 Å². The number of rotatable bonds is 9. The Bertz CT molecular complexity index is 515. The first kappa shape index (κ1) is 17.2. The lowest BCUT2D eigenvalue weighted by Crippen LogP contribution is -2.07. The SMILES string of the molecule is COCCOCCCOc1ccc(S(=O)(=O)Cl)cc1C. The molecule has 0 amide bonds. The fraction of sp³-hybridized carbons (Fsp3) is 0.538. The summed E-state index contributed by atoms with van der Waals surface area (Å²) in [7, 11) is 3.20. The van der Waals surface area contributed by atoms with Gasteiger partial charge in [-0.15, -0.1) is 0 Å². The summed E-state index contributed by atoms with van der Waals surface area (Å²) in [4.78, 5) is 0.0758. The number of methoxy groups -OCH3 is 1. The summed E-state index contributed by atoms with van der Waals surface area (Å²) >= 11 is 0. The summed E-state index contributed by atoms with van der Waals surface area (Å²) < 4.78 is 38.1. The van der Waals surface area contributed by atoms with E-state index >= 15 is 0 Å². The van der Waals surface area contributed by atoms with Gasteiger partial charge in [-0.1, -0.05) is 0 Å². The van der Waals surface area contributed by atoms with Gasteiger partial charge >= 0.3 is 0 Å². The van der Waals surface area contributed by atoms with Crippen LogP contribution in [0.4, 0.5) is 0 Å². The molecule has 0 radical (unpaired) electrons. The van der Waals surface area contributed by atoms with Gasteiger partial charge in [-0.2, -0.15) is 0 Å². The number of aryl methyl sites for hydroxylation is 1. The molecule has 114 valence electrons. The lowest BCUT2D eigenvalue weighted by molar-refractivity contribution is 0.0644. The number of halogens is 1. The summed E-state index contributed by atoms with van der Waals surface area (Å²) in [6, 6.07) is 4.53. The van der Waals surface area contributed by atoms with E-state index in [9.17, 15) is 8.42 Å². The minimum absolute atomic E-state index is 0.0758. The molecule has 0 N–H and O–H groups in total. The van der Waals surface area contributed by atoms with E-state index in [2.05, 4.69) is 0 Å².